The zero-order valence-electron chi connectivity index (χ0n) is 7.63. The van der Waals surface area contributed by atoms with Crippen molar-refractivity contribution in [3.63, 3.8) is 0 Å². The molecular weight excluding hydrogens is 161 g/mol. The lowest BCUT2D eigenvalue weighted by Crippen LogP contribution is -2.52. The fourth-order valence-corrected chi connectivity index (χ4v) is 0.900. The van der Waals surface area contributed by atoms with E-state index in [2.05, 4.69) is 0 Å². The van der Waals surface area contributed by atoms with Gasteiger partial charge in [0, 0.05) is 0 Å². The van der Waals surface area contributed by atoms with Crippen molar-refractivity contribution in [1.82, 2.24) is 4.90 Å². The first-order valence-electron chi connectivity index (χ1n) is 4.00. The van der Waals surface area contributed by atoms with Crippen molar-refractivity contribution in [1.29, 1.82) is 0 Å². The Bertz CT molecular complexity index is 182. The Balaban J connectivity index is 2.30. The summed E-state index contributed by atoms with van der Waals surface area (Å²) in [5, 5.41) is 0. The first-order valence-corrected chi connectivity index (χ1v) is 4.00. The van der Waals surface area contributed by atoms with Gasteiger partial charge in [0.05, 0.1) is 13.1 Å². The number of carbonyl (C=O) groups is 1. The SMILES string of the molecule is CC(C)(C)OC(=O)N1CC(F)C1. The third-order valence-corrected chi connectivity index (χ3v) is 1.49. The molecule has 70 valence electrons. The van der Waals surface area contributed by atoms with Gasteiger partial charge in [0.2, 0.25) is 0 Å². The van der Waals surface area contributed by atoms with Crippen LogP contribution < -0.4 is 0 Å². The molecule has 1 aliphatic heterocycles. The van der Waals surface area contributed by atoms with E-state index in [4.69, 9.17) is 4.74 Å². The molecule has 0 atom stereocenters. The molecule has 0 aromatic rings. The standard InChI is InChI=1S/C8H14FNO2/c1-8(2,3)12-7(11)10-4-6(9)5-10/h6H,4-5H2,1-3H3. The third kappa shape index (κ3) is 2.36. The second-order valence-electron chi connectivity index (χ2n) is 3.98. The Morgan fingerprint density at radius 3 is 2.33 bits per heavy atom. The molecule has 1 fully saturated rings. The molecule has 1 amide bonds. The monoisotopic (exact) mass is 175 g/mol. The molecule has 1 heterocycles. The molecule has 0 saturated carbocycles. The van der Waals surface area contributed by atoms with Crippen LogP contribution in [0.1, 0.15) is 20.8 Å². The molecule has 1 rings (SSSR count). The molecule has 0 aliphatic carbocycles. The largest absolute Gasteiger partial charge is 0.444 e. The minimum Gasteiger partial charge on any atom is -0.444 e. The quantitative estimate of drug-likeness (QED) is 0.559. The average Bonchev–Trinajstić information content (AvgIpc) is 1.76. The van der Waals surface area contributed by atoms with Crippen molar-refractivity contribution in [2.75, 3.05) is 13.1 Å². The normalized spacial score (nSPS) is 18.8. The minimum atomic E-state index is -0.863. The highest BCUT2D eigenvalue weighted by Crippen LogP contribution is 2.16. The number of halogens is 1. The van der Waals surface area contributed by atoms with E-state index >= 15 is 0 Å². The third-order valence-electron chi connectivity index (χ3n) is 1.49. The summed E-state index contributed by atoms with van der Waals surface area (Å²) in [5.41, 5.74) is -0.488. The summed E-state index contributed by atoms with van der Waals surface area (Å²) in [7, 11) is 0. The van der Waals surface area contributed by atoms with Gasteiger partial charge in [-0.2, -0.15) is 0 Å². The van der Waals surface area contributed by atoms with E-state index in [1.165, 1.54) is 4.90 Å². The van der Waals surface area contributed by atoms with Crippen LogP contribution in [-0.4, -0.2) is 35.9 Å². The molecule has 0 bridgehead atoms. The Morgan fingerprint density at radius 1 is 1.50 bits per heavy atom. The molecule has 1 saturated heterocycles. The van der Waals surface area contributed by atoms with E-state index in [0.717, 1.165) is 0 Å². The Labute approximate surface area is 71.5 Å². The van der Waals surface area contributed by atoms with Crippen LogP contribution >= 0.6 is 0 Å². The zero-order valence-corrected chi connectivity index (χ0v) is 7.63. The van der Waals surface area contributed by atoms with Crippen LogP contribution in [0.2, 0.25) is 0 Å². The first-order chi connectivity index (χ1) is 5.38. The average molecular weight is 175 g/mol. The molecule has 0 N–H and O–H groups in total. The molecule has 0 aromatic carbocycles. The Kier molecular flexibility index (Phi) is 2.26. The van der Waals surface area contributed by atoms with Crippen LogP contribution in [0, 0.1) is 0 Å². The number of amides is 1. The van der Waals surface area contributed by atoms with Crippen LogP contribution in [0.5, 0.6) is 0 Å². The van der Waals surface area contributed by atoms with E-state index in [9.17, 15) is 9.18 Å². The summed E-state index contributed by atoms with van der Waals surface area (Å²) >= 11 is 0. The van der Waals surface area contributed by atoms with Gasteiger partial charge >= 0.3 is 6.09 Å². The lowest BCUT2D eigenvalue weighted by molar-refractivity contribution is -0.00769. The van der Waals surface area contributed by atoms with Gasteiger partial charge in [0.1, 0.15) is 11.8 Å². The summed E-state index contributed by atoms with van der Waals surface area (Å²) in [6, 6.07) is 0. The summed E-state index contributed by atoms with van der Waals surface area (Å²) in [4.78, 5) is 12.5. The number of alkyl halides is 1. The van der Waals surface area contributed by atoms with Crippen LogP contribution in [0.4, 0.5) is 9.18 Å². The number of hydrogen-bond acceptors (Lipinski definition) is 2. The molecule has 3 nitrogen and oxygen atoms in total. The maximum absolute atomic E-state index is 12.3. The second-order valence-corrected chi connectivity index (χ2v) is 3.98. The molecule has 4 heteroatoms. The predicted molar refractivity (Wildman–Crippen MR) is 42.7 cm³/mol. The maximum atomic E-state index is 12.3. The molecular formula is C8H14FNO2. The van der Waals surface area contributed by atoms with Crippen molar-refractivity contribution in [2.45, 2.75) is 32.5 Å². The molecule has 0 spiro atoms. The van der Waals surface area contributed by atoms with E-state index in [0.29, 0.717) is 0 Å². The van der Waals surface area contributed by atoms with E-state index < -0.39 is 17.9 Å². The summed E-state index contributed by atoms with van der Waals surface area (Å²) in [6.45, 7) is 5.72. The van der Waals surface area contributed by atoms with Crippen LogP contribution in [0.15, 0.2) is 0 Å². The van der Waals surface area contributed by atoms with Gasteiger partial charge in [-0.25, -0.2) is 9.18 Å². The first kappa shape index (κ1) is 9.29. The lowest BCUT2D eigenvalue weighted by Gasteiger charge is -2.35. The van der Waals surface area contributed by atoms with Gasteiger partial charge in [0.25, 0.3) is 0 Å². The van der Waals surface area contributed by atoms with Crippen molar-refractivity contribution in [2.24, 2.45) is 0 Å². The van der Waals surface area contributed by atoms with Gasteiger partial charge in [0.15, 0.2) is 0 Å². The smallest absolute Gasteiger partial charge is 0.410 e. The van der Waals surface area contributed by atoms with Gasteiger partial charge in [-0.05, 0) is 20.8 Å². The van der Waals surface area contributed by atoms with E-state index in [-0.39, 0.29) is 13.1 Å². The number of nitrogens with zero attached hydrogens (tertiary/aromatic N) is 1. The predicted octanol–water partition coefficient (Wildman–Crippen LogP) is 1.58. The van der Waals surface area contributed by atoms with E-state index in [1.54, 1.807) is 20.8 Å². The molecule has 12 heavy (non-hydrogen) atoms. The van der Waals surface area contributed by atoms with Crippen molar-refractivity contribution < 1.29 is 13.9 Å². The van der Waals surface area contributed by atoms with Gasteiger partial charge in [-0.3, -0.25) is 0 Å². The van der Waals surface area contributed by atoms with Crippen LogP contribution in [0.25, 0.3) is 0 Å². The fraction of sp³-hybridized carbons (Fsp3) is 0.875. The van der Waals surface area contributed by atoms with Crippen molar-refractivity contribution >= 4 is 6.09 Å². The highest BCUT2D eigenvalue weighted by Gasteiger charge is 2.33. The molecule has 1 aliphatic rings. The topological polar surface area (TPSA) is 29.5 Å². The highest BCUT2D eigenvalue weighted by atomic mass is 19.1. The highest BCUT2D eigenvalue weighted by molar-refractivity contribution is 5.69. The number of hydrogen-bond donors (Lipinski definition) is 0. The van der Waals surface area contributed by atoms with Gasteiger partial charge < -0.3 is 9.64 Å². The molecule has 0 radical (unpaired) electrons. The lowest BCUT2D eigenvalue weighted by atomic mass is 10.2. The number of likely N-dealkylation sites (tertiary alicyclic amines) is 1. The molecule has 0 aromatic heterocycles. The van der Waals surface area contributed by atoms with Gasteiger partial charge in [-0.15, -0.1) is 0 Å². The number of ether oxygens (including phenoxy) is 1. The Hall–Kier alpha value is -0.800. The fourth-order valence-electron chi connectivity index (χ4n) is 0.900. The number of rotatable bonds is 0. The second kappa shape index (κ2) is 2.92. The van der Waals surface area contributed by atoms with Crippen LogP contribution in [-0.2, 0) is 4.74 Å². The Morgan fingerprint density at radius 2 is 2.00 bits per heavy atom. The van der Waals surface area contributed by atoms with Gasteiger partial charge in [-0.1, -0.05) is 0 Å². The zero-order chi connectivity index (χ0) is 9.35. The van der Waals surface area contributed by atoms with E-state index in [1.807, 2.05) is 0 Å². The molecule has 0 unspecified atom stereocenters. The maximum Gasteiger partial charge on any atom is 0.410 e. The minimum absolute atomic E-state index is 0.176. The summed E-state index contributed by atoms with van der Waals surface area (Å²) in [6.07, 6.45) is -1.28. The van der Waals surface area contributed by atoms with Crippen molar-refractivity contribution in [3.8, 4) is 0 Å². The number of carbonyl (C=O) groups excluding carboxylic acids is 1. The van der Waals surface area contributed by atoms with Crippen LogP contribution in [0.3, 0.4) is 0 Å². The van der Waals surface area contributed by atoms with Crippen molar-refractivity contribution in [3.05, 3.63) is 0 Å². The summed E-state index contributed by atoms with van der Waals surface area (Å²) in [5.74, 6) is 0. The summed E-state index contributed by atoms with van der Waals surface area (Å²) < 4.78 is 17.3.